The molecule has 1 unspecified atom stereocenters. The number of halogens is 1. The van der Waals surface area contributed by atoms with E-state index in [-0.39, 0.29) is 11.3 Å². The summed E-state index contributed by atoms with van der Waals surface area (Å²) in [5.41, 5.74) is 2.83. The summed E-state index contributed by atoms with van der Waals surface area (Å²) >= 11 is 9.00. The van der Waals surface area contributed by atoms with Gasteiger partial charge in [-0.15, -0.1) is 23.1 Å². The van der Waals surface area contributed by atoms with E-state index in [1.165, 1.54) is 11.3 Å². The summed E-state index contributed by atoms with van der Waals surface area (Å²) in [6.07, 6.45) is 1.73. The first-order valence-electron chi connectivity index (χ1n) is 5.33. The normalized spacial score (nSPS) is 19.5. The summed E-state index contributed by atoms with van der Waals surface area (Å²) in [6, 6.07) is 7.63. The molecule has 18 heavy (non-hydrogen) atoms. The summed E-state index contributed by atoms with van der Waals surface area (Å²) in [6.45, 7) is 0. The Labute approximate surface area is 118 Å². The van der Waals surface area contributed by atoms with Crippen LogP contribution in [-0.2, 0) is 4.79 Å². The first-order valence-corrected chi connectivity index (χ1v) is 7.64. The summed E-state index contributed by atoms with van der Waals surface area (Å²) in [5, 5.41) is 1.62. The number of benzene rings is 1. The van der Waals surface area contributed by atoms with Crippen molar-refractivity contribution in [2.75, 3.05) is 10.7 Å². The third-order valence-corrected chi connectivity index (χ3v) is 4.91. The molecular weight excluding hydrogens is 288 g/mol. The molecule has 1 saturated heterocycles. The van der Waals surface area contributed by atoms with Gasteiger partial charge in [0.15, 0.2) is 0 Å². The molecule has 1 aliphatic rings. The molecule has 1 aromatic carbocycles. The van der Waals surface area contributed by atoms with Gasteiger partial charge in [0.05, 0.1) is 17.5 Å². The van der Waals surface area contributed by atoms with Crippen LogP contribution in [0.4, 0.5) is 5.00 Å². The minimum absolute atomic E-state index is 0.0233. The molecular formula is C12H9ClN2OS2. The maximum Gasteiger partial charge on any atom is 0.238 e. The number of carbonyl (C=O) groups excluding carboxylic acids is 1. The smallest absolute Gasteiger partial charge is 0.238 e. The van der Waals surface area contributed by atoms with E-state index < -0.39 is 0 Å². The molecule has 0 N–H and O–H groups in total. The second-order valence-corrected chi connectivity index (χ2v) is 6.19. The molecule has 0 radical (unpaired) electrons. The Morgan fingerprint density at radius 3 is 2.78 bits per heavy atom. The molecule has 0 bridgehead atoms. The van der Waals surface area contributed by atoms with Gasteiger partial charge in [-0.1, -0.05) is 23.7 Å². The van der Waals surface area contributed by atoms with Gasteiger partial charge in [0, 0.05) is 5.02 Å². The summed E-state index contributed by atoms with van der Waals surface area (Å²) < 4.78 is 0. The lowest BCUT2D eigenvalue weighted by Gasteiger charge is -2.22. The maximum atomic E-state index is 12.0. The van der Waals surface area contributed by atoms with Crippen molar-refractivity contribution in [2.24, 2.45) is 0 Å². The van der Waals surface area contributed by atoms with Crippen molar-refractivity contribution < 1.29 is 4.79 Å². The standard InChI is InChI=1S/C12H9ClN2OS2/c13-9-3-1-8(2-4-9)12-15(10(16)6-17-12)11-5-14-7-18-11/h1-5,7,12H,6H2. The predicted molar refractivity (Wildman–Crippen MR) is 76.3 cm³/mol. The number of carbonyl (C=O) groups is 1. The number of thiazole rings is 1. The van der Waals surface area contributed by atoms with Gasteiger partial charge in [-0.3, -0.25) is 14.7 Å². The Hall–Kier alpha value is -1.04. The zero-order valence-corrected chi connectivity index (χ0v) is 11.6. The number of aromatic nitrogens is 1. The van der Waals surface area contributed by atoms with Crippen LogP contribution in [0.5, 0.6) is 0 Å². The van der Waals surface area contributed by atoms with Crippen molar-refractivity contribution in [3.05, 3.63) is 46.6 Å². The Bertz CT molecular complexity index is 556. The fourth-order valence-electron chi connectivity index (χ4n) is 1.86. The van der Waals surface area contributed by atoms with Crippen molar-refractivity contribution in [3.8, 4) is 0 Å². The van der Waals surface area contributed by atoms with Gasteiger partial charge < -0.3 is 0 Å². The molecule has 6 heteroatoms. The maximum absolute atomic E-state index is 12.0. The van der Waals surface area contributed by atoms with E-state index in [0.29, 0.717) is 10.8 Å². The Morgan fingerprint density at radius 1 is 1.33 bits per heavy atom. The minimum atomic E-state index is 0.0233. The predicted octanol–water partition coefficient (Wildman–Crippen LogP) is 3.58. The molecule has 1 amide bonds. The summed E-state index contributed by atoms with van der Waals surface area (Å²) in [7, 11) is 0. The molecule has 3 rings (SSSR count). The largest absolute Gasteiger partial charge is 0.285 e. The fourth-order valence-corrected chi connectivity index (χ4v) is 3.90. The minimum Gasteiger partial charge on any atom is -0.285 e. The lowest BCUT2D eigenvalue weighted by molar-refractivity contribution is -0.115. The number of hydrogen-bond donors (Lipinski definition) is 0. The average Bonchev–Trinajstić information content (AvgIpc) is 2.99. The van der Waals surface area contributed by atoms with Crippen LogP contribution >= 0.6 is 34.7 Å². The van der Waals surface area contributed by atoms with Crippen LogP contribution in [-0.4, -0.2) is 16.6 Å². The average molecular weight is 297 g/mol. The first-order chi connectivity index (χ1) is 8.75. The molecule has 1 aliphatic heterocycles. The zero-order valence-electron chi connectivity index (χ0n) is 9.25. The summed E-state index contributed by atoms with van der Waals surface area (Å²) in [5.74, 6) is 0.634. The highest BCUT2D eigenvalue weighted by Crippen LogP contribution is 2.42. The molecule has 0 saturated carbocycles. The third kappa shape index (κ3) is 2.13. The molecule has 2 heterocycles. The van der Waals surface area contributed by atoms with E-state index in [9.17, 15) is 4.79 Å². The van der Waals surface area contributed by atoms with Crippen LogP contribution in [0.15, 0.2) is 36.0 Å². The number of hydrogen-bond acceptors (Lipinski definition) is 4. The molecule has 92 valence electrons. The number of thioether (sulfide) groups is 1. The lowest BCUT2D eigenvalue weighted by atomic mass is 10.2. The second-order valence-electron chi connectivity index (χ2n) is 3.82. The molecule has 2 aromatic rings. The van der Waals surface area contributed by atoms with Crippen LogP contribution in [0.2, 0.25) is 5.02 Å². The molecule has 1 fully saturated rings. The zero-order chi connectivity index (χ0) is 12.5. The number of rotatable bonds is 2. The second kappa shape index (κ2) is 4.91. The van der Waals surface area contributed by atoms with Crippen LogP contribution in [0, 0.1) is 0 Å². The van der Waals surface area contributed by atoms with Gasteiger partial charge in [0.25, 0.3) is 0 Å². The molecule has 0 spiro atoms. The molecule has 0 aliphatic carbocycles. The van der Waals surface area contributed by atoms with E-state index in [1.807, 2.05) is 29.2 Å². The summed E-state index contributed by atoms with van der Waals surface area (Å²) in [4.78, 5) is 17.8. The molecule has 3 nitrogen and oxygen atoms in total. The quantitative estimate of drug-likeness (QED) is 0.849. The van der Waals surface area contributed by atoms with Crippen molar-refractivity contribution in [1.82, 2.24) is 4.98 Å². The van der Waals surface area contributed by atoms with Crippen LogP contribution in [0.1, 0.15) is 10.9 Å². The van der Waals surface area contributed by atoms with E-state index in [0.717, 1.165) is 10.6 Å². The van der Waals surface area contributed by atoms with E-state index in [2.05, 4.69) is 4.98 Å². The number of anilines is 1. The first kappa shape index (κ1) is 12.0. The van der Waals surface area contributed by atoms with Crippen LogP contribution < -0.4 is 4.90 Å². The van der Waals surface area contributed by atoms with E-state index in [4.69, 9.17) is 11.6 Å². The van der Waals surface area contributed by atoms with Gasteiger partial charge in [-0.2, -0.15) is 0 Å². The van der Waals surface area contributed by atoms with E-state index in [1.54, 1.807) is 23.5 Å². The highest BCUT2D eigenvalue weighted by Gasteiger charge is 2.34. The Morgan fingerprint density at radius 2 is 2.11 bits per heavy atom. The van der Waals surface area contributed by atoms with Crippen LogP contribution in [0.3, 0.4) is 0 Å². The highest BCUT2D eigenvalue weighted by molar-refractivity contribution is 8.00. The molecule has 1 atom stereocenters. The number of nitrogens with zero attached hydrogens (tertiary/aromatic N) is 2. The topological polar surface area (TPSA) is 33.2 Å². The fraction of sp³-hybridized carbons (Fsp3) is 0.167. The van der Waals surface area contributed by atoms with Crippen molar-refractivity contribution >= 4 is 45.6 Å². The number of amides is 1. The Balaban J connectivity index is 1.96. The van der Waals surface area contributed by atoms with Crippen molar-refractivity contribution in [2.45, 2.75) is 5.37 Å². The lowest BCUT2D eigenvalue weighted by Crippen LogP contribution is -2.26. The van der Waals surface area contributed by atoms with Gasteiger partial charge in [-0.05, 0) is 17.7 Å². The van der Waals surface area contributed by atoms with Gasteiger partial charge in [-0.25, -0.2) is 0 Å². The highest BCUT2D eigenvalue weighted by atomic mass is 35.5. The molecule has 1 aromatic heterocycles. The third-order valence-electron chi connectivity index (χ3n) is 2.68. The van der Waals surface area contributed by atoms with Crippen molar-refractivity contribution in [1.29, 1.82) is 0 Å². The van der Waals surface area contributed by atoms with Gasteiger partial charge in [0.2, 0.25) is 5.91 Å². The van der Waals surface area contributed by atoms with Crippen LogP contribution in [0.25, 0.3) is 0 Å². The van der Waals surface area contributed by atoms with Gasteiger partial charge in [0.1, 0.15) is 10.4 Å². The van der Waals surface area contributed by atoms with E-state index >= 15 is 0 Å². The monoisotopic (exact) mass is 296 g/mol. The SMILES string of the molecule is O=C1CSC(c2ccc(Cl)cc2)N1c1cncs1. The van der Waals surface area contributed by atoms with Crippen molar-refractivity contribution in [3.63, 3.8) is 0 Å². The van der Waals surface area contributed by atoms with Gasteiger partial charge >= 0.3 is 0 Å². The Kier molecular flexibility index (Phi) is 3.28.